The summed E-state index contributed by atoms with van der Waals surface area (Å²) < 4.78 is 13.1. The van der Waals surface area contributed by atoms with E-state index in [0.29, 0.717) is 17.5 Å². The fourth-order valence-electron chi connectivity index (χ4n) is 8.96. The molecular formula is C55H36N4O2. The van der Waals surface area contributed by atoms with Crippen LogP contribution in [0, 0.1) is 0 Å². The number of aryl methyl sites for hydroxylation is 1. The maximum Gasteiger partial charge on any atom is 0.164 e. The molecule has 0 fully saturated rings. The molecule has 0 unspecified atom stereocenters. The van der Waals surface area contributed by atoms with Crippen LogP contribution < -0.4 is 4.90 Å². The maximum absolute atomic E-state index is 6.77. The molecule has 3 heterocycles. The highest BCUT2D eigenvalue weighted by Gasteiger charge is 2.22. The second-order valence-electron chi connectivity index (χ2n) is 15.4. The number of furan rings is 2. The summed E-state index contributed by atoms with van der Waals surface area (Å²) in [7, 11) is 0. The van der Waals surface area contributed by atoms with Crippen LogP contribution in [0.5, 0.6) is 0 Å². The van der Waals surface area contributed by atoms with Crippen molar-refractivity contribution in [2.45, 2.75) is 12.8 Å². The normalized spacial score (nSPS) is 12.4. The number of fused-ring (bicyclic) bond motifs is 8. The molecule has 1 aliphatic carbocycles. The minimum atomic E-state index is 0.593. The molecule has 1 aliphatic rings. The van der Waals surface area contributed by atoms with E-state index in [1.54, 1.807) is 0 Å². The topological polar surface area (TPSA) is 68.2 Å². The number of hydrogen-bond acceptors (Lipinski definition) is 6. The van der Waals surface area contributed by atoms with Gasteiger partial charge in [0.15, 0.2) is 17.5 Å². The molecule has 0 atom stereocenters. The second-order valence-corrected chi connectivity index (χ2v) is 15.4. The zero-order valence-electron chi connectivity index (χ0n) is 33.0. The third-order valence-electron chi connectivity index (χ3n) is 11.8. The van der Waals surface area contributed by atoms with Crippen molar-refractivity contribution in [3.8, 4) is 45.3 Å². The number of hydrogen-bond donors (Lipinski definition) is 0. The molecule has 8 aromatic carbocycles. The standard InChI is InChI=1S/C55H36N4O2/c1-4-15-36(16-5-1)53-56-54(37-17-6-2-7-18-37)58-55(57-53)45-24-14-26-48-52(45)51-44-23-11-10-21-41(44)46(34-50(51)61-48)35-27-29-39(30-28-35)59(38-19-8-3-9-20-38)40-31-32-43-42-22-12-13-25-47(42)60-49(43)33-40/h1-11,13-21,23-34H,12,22H2. The molecule has 61 heavy (non-hydrogen) atoms. The summed E-state index contributed by atoms with van der Waals surface area (Å²) in [5, 5.41) is 5.43. The van der Waals surface area contributed by atoms with E-state index in [1.165, 1.54) is 10.9 Å². The van der Waals surface area contributed by atoms with Crippen LogP contribution in [0.3, 0.4) is 0 Å². The van der Waals surface area contributed by atoms with Gasteiger partial charge in [0.05, 0.1) is 0 Å². The summed E-state index contributed by atoms with van der Waals surface area (Å²) in [5.41, 5.74) is 11.9. The zero-order valence-corrected chi connectivity index (χ0v) is 33.0. The molecule has 6 heteroatoms. The summed E-state index contributed by atoms with van der Waals surface area (Å²) in [5.74, 6) is 2.80. The summed E-state index contributed by atoms with van der Waals surface area (Å²) in [6.45, 7) is 0. The molecule has 11 aromatic rings. The Labute approximate surface area is 351 Å². The van der Waals surface area contributed by atoms with Crippen molar-refractivity contribution in [2.75, 3.05) is 4.90 Å². The molecule has 0 radical (unpaired) electrons. The maximum atomic E-state index is 6.77. The molecule has 0 saturated carbocycles. The van der Waals surface area contributed by atoms with Gasteiger partial charge in [0.25, 0.3) is 0 Å². The molecule has 0 amide bonds. The van der Waals surface area contributed by atoms with Crippen LogP contribution in [0.25, 0.3) is 95.0 Å². The van der Waals surface area contributed by atoms with E-state index in [4.69, 9.17) is 23.8 Å². The van der Waals surface area contributed by atoms with Gasteiger partial charge in [-0.3, -0.25) is 0 Å². The van der Waals surface area contributed by atoms with Gasteiger partial charge >= 0.3 is 0 Å². The fraction of sp³-hybridized carbons (Fsp3) is 0.0364. The quantitative estimate of drug-likeness (QED) is 0.160. The lowest BCUT2D eigenvalue weighted by Crippen LogP contribution is -2.09. The highest BCUT2D eigenvalue weighted by atomic mass is 16.3. The van der Waals surface area contributed by atoms with Crippen molar-refractivity contribution in [3.05, 3.63) is 199 Å². The van der Waals surface area contributed by atoms with E-state index in [2.05, 4.69) is 126 Å². The molecule has 0 saturated heterocycles. The summed E-state index contributed by atoms with van der Waals surface area (Å²) in [6.07, 6.45) is 6.34. The number of allylic oxidation sites excluding steroid dienone is 1. The molecule has 0 bridgehead atoms. The van der Waals surface area contributed by atoms with Gasteiger partial charge in [-0.2, -0.15) is 0 Å². The van der Waals surface area contributed by atoms with Crippen LogP contribution in [0.15, 0.2) is 197 Å². The number of benzene rings is 8. The fourth-order valence-corrected chi connectivity index (χ4v) is 8.96. The average Bonchev–Trinajstić information content (AvgIpc) is 3.91. The van der Waals surface area contributed by atoms with Crippen LogP contribution in [-0.2, 0) is 6.42 Å². The molecule has 6 nitrogen and oxygen atoms in total. The van der Waals surface area contributed by atoms with Gasteiger partial charge in [-0.05, 0) is 89.3 Å². The molecule has 288 valence electrons. The summed E-state index contributed by atoms with van der Waals surface area (Å²) in [4.78, 5) is 17.4. The van der Waals surface area contributed by atoms with Crippen LogP contribution in [0.2, 0.25) is 0 Å². The number of rotatable bonds is 7. The van der Waals surface area contributed by atoms with E-state index >= 15 is 0 Å². The van der Waals surface area contributed by atoms with Gasteiger partial charge in [0.2, 0.25) is 0 Å². The van der Waals surface area contributed by atoms with Gasteiger partial charge in [-0.1, -0.05) is 133 Å². The van der Waals surface area contributed by atoms with E-state index in [1.807, 2.05) is 72.8 Å². The Kier molecular flexibility index (Phi) is 8.20. The van der Waals surface area contributed by atoms with Gasteiger partial charge in [-0.15, -0.1) is 0 Å². The van der Waals surface area contributed by atoms with E-state index < -0.39 is 0 Å². The van der Waals surface area contributed by atoms with E-state index in [9.17, 15) is 0 Å². The van der Waals surface area contributed by atoms with Crippen LogP contribution >= 0.6 is 0 Å². The van der Waals surface area contributed by atoms with Gasteiger partial charge in [0, 0.05) is 61.5 Å². The Bertz CT molecular complexity index is 3410. The predicted molar refractivity (Wildman–Crippen MR) is 248 cm³/mol. The van der Waals surface area contributed by atoms with Crippen molar-refractivity contribution in [1.29, 1.82) is 0 Å². The lowest BCUT2D eigenvalue weighted by molar-refractivity contribution is 0.595. The monoisotopic (exact) mass is 784 g/mol. The molecule has 0 aliphatic heterocycles. The second kappa shape index (κ2) is 14.3. The molecule has 12 rings (SSSR count). The highest BCUT2D eigenvalue weighted by molar-refractivity contribution is 6.25. The smallest absolute Gasteiger partial charge is 0.164 e. The van der Waals surface area contributed by atoms with Gasteiger partial charge < -0.3 is 13.7 Å². The van der Waals surface area contributed by atoms with E-state index in [0.717, 1.165) is 102 Å². The minimum Gasteiger partial charge on any atom is -0.456 e. The first-order valence-corrected chi connectivity index (χ1v) is 20.7. The molecule has 0 N–H and O–H groups in total. The van der Waals surface area contributed by atoms with Crippen LogP contribution in [-0.4, -0.2) is 15.0 Å². The van der Waals surface area contributed by atoms with Crippen molar-refractivity contribution < 1.29 is 8.83 Å². The lowest BCUT2D eigenvalue weighted by atomic mass is 9.93. The lowest BCUT2D eigenvalue weighted by Gasteiger charge is -2.25. The van der Waals surface area contributed by atoms with Crippen LogP contribution in [0.1, 0.15) is 17.7 Å². The number of para-hydroxylation sites is 1. The Balaban J connectivity index is 0.990. The number of aromatic nitrogens is 3. The van der Waals surface area contributed by atoms with Crippen molar-refractivity contribution >= 4 is 66.8 Å². The Morgan fingerprint density at radius 2 is 1.05 bits per heavy atom. The highest BCUT2D eigenvalue weighted by Crippen LogP contribution is 2.45. The Morgan fingerprint density at radius 3 is 1.79 bits per heavy atom. The largest absolute Gasteiger partial charge is 0.456 e. The first-order valence-electron chi connectivity index (χ1n) is 20.7. The zero-order chi connectivity index (χ0) is 40.3. The van der Waals surface area contributed by atoms with Gasteiger partial charge in [0.1, 0.15) is 22.5 Å². The van der Waals surface area contributed by atoms with Crippen molar-refractivity contribution in [3.63, 3.8) is 0 Å². The summed E-state index contributed by atoms with van der Waals surface area (Å²) in [6, 6.07) is 63.0. The van der Waals surface area contributed by atoms with Crippen molar-refractivity contribution in [1.82, 2.24) is 15.0 Å². The predicted octanol–water partition coefficient (Wildman–Crippen LogP) is 14.8. The molecule has 3 aromatic heterocycles. The van der Waals surface area contributed by atoms with Crippen LogP contribution in [0.4, 0.5) is 17.1 Å². The number of nitrogens with zero attached hydrogens (tertiary/aromatic N) is 4. The Morgan fingerprint density at radius 1 is 0.410 bits per heavy atom. The number of anilines is 3. The Hall–Kier alpha value is -8.09. The molecular weight excluding hydrogens is 749 g/mol. The van der Waals surface area contributed by atoms with Gasteiger partial charge in [-0.25, -0.2) is 15.0 Å². The van der Waals surface area contributed by atoms with Crippen molar-refractivity contribution in [2.24, 2.45) is 0 Å². The van der Waals surface area contributed by atoms with E-state index in [-0.39, 0.29) is 0 Å². The SMILES string of the molecule is C1=Cc2oc3cc(N(c4ccccc4)c4ccc(-c5cc6oc7cccc(-c8nc(-c9ccccc9)nc(-c9ccccc9)n8)c7c6c6ccccc56)cc4)ccc3c2CC1. The third kappa shape index (κ3) is 5.99. The third-order valence-corrected chi connectivity index (χ3v) is 11.8. The average molecular weight is 785 g/mol. The first kappa shape index (κ1) is 34.9. The molecule has 0 spiro atoms. The summed E-state index contributed by atoms with van der Waals surface area (Å²) >= 11 is 0. The first-order chi connectivity index (χ1) is 30.2. The minimum absolute atomic E-state index is 0.593.